The minimum absolute atomic E-state index is 0.325. The third kappa shape index (κ3) is 3.43. The number of hydrogen-bond acceptors (Lipinski definition) is 3. The Morgan fingerprint density at radius 3 is 2.75 bits per heavy atom. The van der Waals surface area contributed by atoms with Gasteiger partial charge >= 0.3 is 0 Å². The van der Waals surface area contributed by atoms with Crippen molar-refractivity contribution in [3.63, 3.8) is 0 Å². The van der Waals surface area contributed by atoms with E-state index in [4.69, 9.17) is 4.74 Å². The lowest BCUT2D eigenvalue weighted by molar-refractivity contribution is -0.00667. The average molecular weight is 344 g/mol. The maximum Gasteiger partial charge on any atom is 0.0900 e. The predicted octanol–water partition coefficient (Wildman–Crippen LogP) is 3.28. The van der Waals surface area contributed by atoms with Crippen LogP contribution in [0.5, 0.6) is 0 Å². The fourth-order valence-electron chi connectivity index (χ4n) is 2.97. The van der Waals surface area contributed by atoms with Crippen LogP contribution in [0.25, 0.3) is 0 Å². The number of nitrogens with one attached hydrogen (secondary N) is 1. The molecule has 2 atom stereocenters. The van der Waals surface area contributed by atoms with Crippen molar-refractivity contribution < 1.29 is 4.74 Å². The van der Waals surface area contributed by atoms with Crippen LogP contribution in [0.2, 0.25) is 0 Å². The number of hydrogen-bond donors (Lipinski definition) is 1. The zero-order chi connectivity index (χ0) is 14.5. The maximum absolute atomic E-state index is 6.20. The molecule has 1 aromatic heterocycles. The Bertz CT molecular complexity index is 433. The van der Waals surface area contributed by atoms with E-state index in [1.165, 1.54) is 25.0 Å². The Hall–Kier alpha value is -0.390. The number of likely N-dealkylation sites (N-methyl/N-ethyl adjacent to an activating group) is 1. The van der Waals surface area contributed by atoms with Gasteiger partial charge in [-0.15, -0.1) is 0 Å². The van der Waals surface area contributed by atoms with Gasteiger partial charge in [0, 0.05) is 12.6 Å². The summed E-state index contributed by atoms with van der Waals surface area (Å²) < 4.78 is 9.38. The average Bonchev–Trinajstić information content (AvgIpc) is 2.81. The standard InChI is InChI=1S/C15H26BrN3O/c1-4-11-15(16)13(19(5-2)18-11)10-20-14-9-7-6-8-12(14)17-3/h12,14,17H,4-10H2,1-3H3. The van der Waals surface area contributed by atoms with E-state index in [0.717, 1.165) is 29.6 Å². The van der Waals surface area contributed by atoms with Crippen molar-refractivity contribution in [2.75, 3.05) is 7.05 Å². The lowest BCUT2D eigenvalue weighted by Gasteiger charge is -2.31. The normalized spacial score (nSPS) is 23.2. The maximum atomic E-state index is 6.20. The Balaban J connectivity index is 2.04. The van der Waals surface area contributed by atoms with Gasteiger partial charge in [0.2, 0.25) is 0 Å². The molecule has 4 nitrogen and oxygen atoms in total. The molecule has 1 heterocycles. The van der Waals surface area contributed by atoms with E-state index >= 15 is 0 Å². The molecule has 0 aromatic carbocycles. The van der Waals surface area contributed by atoms with Crippen molar-refractivity contribution in [1.29, 1.82) is 0 Å². The molecule has 2 rings (SSSR count). The van der Waals surface area contributed by atoms with Crippen LogP contribution in [0.15, 0.2) is 4.47 Å². The summed E-state index contributed by atoms with van der Waals surface area (Å²) in [5.74, 6) is 0. The first-order chi connectivity index (χ1) is 9.71. The third-order valence-corrected chi connectivity index (χ3v) is 5.12. The SMILES string of the molecule is CCc1nn(CC)c(COC2CCCCC2NC)c1Br. The number of nitrogens with zero attached hydrogens (tertiary/aromatic N) is 2. The second-order valence-corrected chi connectivity index (χ2v) is 6.20. The number of aryl methyl sites for hydroxylation is 2. The summed E-state index contributed by atoms with van der Waals surface area (Å²) in [6.45, 7) is 5.79. The van der Waals surface area contributed by atoms with Gasteiger partial charge in [-0.25, -0.2) is 0 Å². The van der Waals surface area contributed by atoms with Crippen molar-refractivity contribution in [2.45, 2.75) is 71.2 Å². The second-order valence-electron chi connectivity index (χ2n) is 5.41. The summed E-state index contributed by atoms with van der Waals surface area (Å²) in [4.78, 5) is 0. The van der Waals surface area contributed by atoms with Gasteiger partial charge in [0.25, 0.3) is 0 Å². The summed E-state index contributed by atoms with van der Waals surface area (Å²) >= 11 is 3.68. The van der Waals surface area contributed by atoms with E-state index in [0.29, 0.717) is 18.8 Å². The minimum atomic E-state index is 0.325. The highest BCUT2D eigenvalue weighted by atomic mass is 79.9. The fraction of sp³-hybridized carbons (Fsp3) is 0.800. The molecule has 1 fully saturated rings. The summed E-state index contributed by atoms with van der Waals surface area (Å²) in [6, 6.07) is 0.492. The van der Waals surface area contributed by atoms with E-state index < -0.39 is 0 Å². The molecule has 114 valence electrons. The molecule has 1 aromatic rings. The minimum Gasteiger partial charge on any atom is -0.370 e. The Kier molecular flexibility index (Phi) is 6.05. The zero-order valence-electron chi connectivity index (χ0n) is 12.8. The zero-order valence-corrected chi connectivity index (χ0v) is 14.4. The molecule has 20 heavy (non-hydrogen) atoms. The number of halogens is 1. The van der Waals surface area contributed by atoms with Crippen LogP contribution in [0.4, 0.5) is 0 Å². The Labute approximate surface area is 130 Å². The van der Waals surface area contributed by atoms with Gasteiger partial charge in [-0.05, 0) is 49.2 Å². The van der Waals surface area contributed by atoms with Gasteiger partial charge in [0.05, 0.1) is 28.6 Å². The largest absolute Gasteiger partial charge is 0.370 e. The van der Waals surface area contributed by atoms with Crippen molar-refractivity contribution in [3.8, 4) is 0 Å². The molecule has 1 aliphatic rings. The molecule has 5 heteroatoms. The van der Waals surface area contributed by atoms with Gasteiger partial charge in [0.15, 0.2) is 0 Å². The van der Waals surface area contributed by atoms with Crippen LogP contribution < -0.4 is 5.32 Å². The summed E-state index contributed by atoms with van der Waals surface area (Å²) in [5, 5.41) is 8.01. The molecule has 1 N–H and O–H groups in total. The highest BCUT2D eigenvalue weighted by Gasteiger charge is 2.25. The Morgan fingerprint density at radius 2 is 2.10 bits per heavy atom. The first-order valence-corrected chi connectivity index (χ1v) is 8.53. The monoisotopic (exact) mass is 343 g/mol. The molecule has 0 radical (unpaired) electrons. The smallest absolute Gasteiger partial charge is 0.0900 e. The number of rotatable bonds is 6. The summed E-state index contributed by atoms with van der Waals surface area (Å²) in [7, 11) is 2.04. The van der Waals surface area contributed by atoms with Crippen LogP contribution >= 0.6 is 15.9 Å². The highest BCUT2D eigenvalue weighted by Crippen LogP contribution is 2.26. The number of ether oxygens (including phenoxy) is 1. The highest BCUT2D eigenvalue weighted by molar-refractivity contribution is 9.10. The molecule has 2 unspecified atom stereocenters. The van der Waals surface area contributed by atoms with Crippen molar-refractivity contribution in [2.24, 2.45) is 0 Å². The van der Waals surface area contributed by atoms with E-state index in [1.807, 2.05) is 7.05 Å². The molecule has 1 saturated carbocycles. The second kappa shape index (κ2) is 7.57. The summed E-state index contributed by atoms with van der Waals surface area (Å²) in [6.07, 6.45) is 6.23. The lowest BCUT2D eigenvalue weighted by atomic mass is 9.92. The molecular formula is C15H26BrN3O. The van der Waals surface area contributed by atoms with E-state index in [-0.39, 0.29) is 0 Å². The molecule has 0 spiro atoms. The van der Waals surface area contributed by atoms with Crippen molar-refractivity contribution in [1.82, 2.24) is 15.1 Å². The predicted molar refractivity (Wildman–Crippen MR) is 84.9 cm³/mol. The topological polar surface area (TPSA) is 39.1 Å². The lowest BCUT2D eigenvalue weighted by Crippen LogP contribution is -2.41. The van der Waals surface area contributed by atoms with Crippen LogP contribution in [-0.2, 0) is 24.3 Å². The molecular weight excluding hydrogens is 318 g/mol. The van der Waals surface area contributed by atoms with Crippen LogP contribution in [0.1, 0.15) is 50.9 Å². The van der Waals surface area contributed by atoms with Gasteiger partial charge in [-0.2, -0.15) is 5.10 Å². The van der Waals surface area contributed by atoms with Gasteiger partial charge in [0.1, 0.15) is 0 Å². The van der Waals surface area contributed by atoms with Crippen molar-refractivity contribution in [3.05, 3.63) is 15.9 Å². The van der Waals surface area contributed by atoms with Crippen molar-refractivity contribution >= 4 is 15.9 Å². The summed E-state index contributed by atoms with van der Waals surface area (Å²) in [5.41, 5.74) is 2.30. The Morgan fingerprint density at radius 1 is 1.35 bits per heavy atom. The molecule has 0 aliphatic heterocycles. The van der Waals surface area contributed by atoms with E-state index in [2.05, 4.69) is 44.9 Å². The van der Waals surface area contributed by atoms with Crippen LogP contribution in [0.3, 0.4) is 0 Å². The van der Waals surface area contributed by atoms with Gasteiger partial charge in [-0.3, -0.25) is 4.68 Å². The third-order valence-electron chi connectivity index (χ3n) is 4.20. The van der Waals surface area contributed by atoms with Gasteiger partial charge in [-0.1, -0.05) is 19.8 Å². The first kappa shape index (κ1) is 16.0. The molecule has 0 bridgehead atoms. The van der Waals surface area contributed by atoms with Crippen LogP contribution in [0, 0.1) is 0 Å². The molecule has 1 aliphatic carbocycles. The fourth-order valence-corrected chi connectivity index (χ4v) is 3.65. The quantitative estimate of drug-likeness (QED) is 0.861. The van der Waals surface area contributed by atoms with Gasteiger partial charge < -0.3 is 10.1 Å². The number of aromatic nitrogens is 2. The first-order valence-electron chi connectivity index (χ1n) is 7.74. The molecule has 0 amide bonds. The van der Waals surface area contributed by atoms with Crippen LogP contribution in [-0.4, -0.2) is 29.0 Å². The van der Waals surface area contributed by atoms with E-state index in [1.54, 1.807) is 0 Å². The molecule has 0 saturated heterocycles. The van der Waals surface area contributed by atoms with E-state index in [9.17, 15) is 0 Å².